The van der Waals surface area contributed by atoms with E-state index in [-0.39, 0.29) is 12.1 Å². The van der Waals surface area contributed by atoms with Gasteiger partial charge in [-0.05, 0) is 53.2 Å². The Morgan fingerprint density at radius 1 is 1.37 bits per heavy atom. The van der Waals surface area contributed by atoms with E-state index < -0.39 is 0 Å². The summed E-state index contributed by atoms with van der Waals surface area (Å²) in [5.41, 5.74) is 3.61. The number of benzene rings is 1. The molecule has 0 spiro atoms. The lowest BCUT2D eigenvalue weighted by molar-refractivity contribution is 0.254. The number of rotatable bonds is 3. The van der Waals surface area contributed by atoms with Crippen LogP contribution in [0.5, 0.6) is 5.75 Å². The molecular weight excluding hydrogens is 306 g/mol. The highest BCUT2D eigenvalue weighted by atomic mass is 79.9. The van der Waals surface area contributed by atoms with Gasteiger partial charge in [0.2, 0.25) is 0 Å². The van der Waals surface area contributed by atoms with Crippen LogP contribution in [0.25, 0.3) is 0 Å². The smallest absolute Gasteiger partial charge is 0.174 e. The summed E-state index contributed by atoms with van der Waals surface area (Å²) in [6.45, 7) is 2.10. The van der Waals surface area contributed by atoms with Crippen molar-refractivity contribution in [2.45, 2.75) is 25.5 Å². The molecule has 1 N–H and O–H groups in total. The van der Waals surface area contributed by atoms with Gasteiger partial charge in [0.25, 0.3) is 0 Å². The molecule has 0 saturated carbocycles. The minimum absolute atomic E-state index is 0.120. The van der Waals surface area contributed by atoms with Crippen molar-refractivity contribution in [3.8, 4) is 5.75 Å². The lowest BCUT2D eigenvalue weighted by Crippen LogP contribution is -2.17. The minimum atomic E-state index is 0.120. The Bertz CT molecular complexity index is 594. The van der Waals surface area contributed by atoms with Gasteiger partial charge in [0.05, 0.1) is 12.3 Å². The van der Waals surface area contributed by atoms with Crippen molar-refractivity contribution in [3.63, 3.8) is 0 Å². The molecule has 0 amide bonds. The molecule has 2 aromatic rings. The highest BCUT2D eigenvalue weighted by Crippen LogP contribution is 2.34. The lowest BCUT2D eigenvalue weighted by atomic mass is 9.98. The molecule has 100 valence electrons. The Hall–Kier alpha value is -1.26. The molecular formula is C15H16BrNO2. The molecule has 2 heterocycles. The van der Waals surface area contributed by atoms with Crippen molar-refractivity contribution in [2.75, 3.05) is 7.05 Å². The van der Waals surface area contributed by atoms with Crippen LogP contribution in [0.1, 0.15) is 29.7 Å². The van der Waals surface area contributed by atoms with Crippen LogP contribution in [-0.4, -0.2) is 13.2 Å². The van der Waals surface area contributed by atoms with Crippen LogP contribution in [0.4, 0.5) is 0 Å². The van der Waals surface area contributed by atoms with E-state index in [0.717, 1.165) is 22.4 Å². The summed E-state index contributed by atoms with van der Waals surface area (Å²) in [5, 5.41) is 3.33. The van der Waals surface area contributed by atoms with Gasteiger partial charge in [0, 0.05) is 12.0 Å². The molecule has 3 nitrogen and oxygen atoms in total. The molecule has 1 aromatic carbocycles. The van der Waals surface area contributed by atoms with Crippen molar-refractivity contribution >= 4 is 15.9 Å². The van der Waals surface area contributed by atoms with Gasteiger partial charge < -0.3 is 14.5 Å². The summed E-state index contributed by atoms with van der Waals surface area (Å²) in [5.74, 6) is 1.01. The number of nitrogens with one attached hydrogen (secondary N) is 1. The van der Waals surface area contributed by atoms with Crippen molar-refractivity contribution in [1.82, 2.24) is 5.32 Å². The Balaban J connectivity index is 1.97. The highest BCUT2D eigenvalue weighted by Gasteiger charge is 2.22. The van der Waals surface area contributed by atoms with Crippen LogP contribution >= 0.6 is 15.9 Å². The summed E-state index contributed by atoms with van der Waals surface area (Å²) in [6, 6.07) is 8.50. The van der Waals surface area contributed by atoms with Gasteiger partial charge in [0.15, 0.2) is 4.67 Å². The zero-order chi connectivity index (χ0) is 13.4. The number of fused-ring (bicyclic) bond motifs is 1. The molecule has 1 aliphatic rings. The average molecular weight is 322 g/mol. The van der Waals surface area contributed by atoms with Gasteiger partial charge in [-0.15, -0.1) is 0 Å². The third-order valence-corrected chi connectivity index (χ3v) is 4.14. The van der Waals surface area contributed by atoms with Gasteiger partial charge in [-0.3, -0.25) is 0 Å². The zero-order valence-corrected chi connectivity index (χ0v) is 12.5. The van der Waals surface area contributed by atoms with E-state index in [9.17, 15) is 0 Å². The second-order valence-corrected chi connectivity index (χ2v) is 5.59. The maximum Gasteiger partial charge on any atom is 0.174 e. The third kappa shape index (κ3) is 2.30. The zero-order valence-electron chi connectivity index (χ0n) is 10.9. The van der Waals surface area contributed by atoms with Crippen molar-refractivity contribution in [3.05, 3.63) is 51.9 Å². The fraction of sp³-hybridized carbons (Fsp3) is 0.333. The second-order valence-electron chi connectivity index (χ2n) is 4.87. The molecule has 19 heavy (non-hydrogen) atoms. The van der Waals surface area contributed by atoms with E-state index in [4.69, 9.17) is 9.15 Å². The first-order valence-corrected chi connectivity index (χ1v) is 7.18. The quantitative estimate of drug-likeness (QED) is 0.936. The summed E-state index contributed by atoms with van der Waals surface area (Å²) < 4.78 is 11.8. The van der Waals surface area contributed by atoms with Crippen LogP contribution < -0.4 is 10.1 Å². The van der Waals surface area contributed by atoms with Gasteiger partial charge >= 0.3 is 0 Å². The summed E-state index contributed by atoms with van der Waals surface area (Å²) in [6.07, 6.45) is 2.95. The van der Waals surface area contributed by atoms with E-state index in [0.29, 0.717) is 0 Å². The molecule has 2 unspecified atom stereocenters. The number of furan rings is 1. The Morgan fingerprint density at radius 2 is 2.21 bits per heavy atom. The van der Waals surface area contributed by atoms with Crippen molar-refractivity contribution in [1.29, 1.82) is 0 Å². The SMILES string of the molecule is CNC(c1ccc2c(c1)CC(C)O2)c1ccoc1Br. The van der Waals surface area contributed by atoms with E-state index in [1.807, 2.05) is 13.1 Å². The number of hydrogen-bond acceptors (Lipinski definition) is 3. The van der Waals surface area contributed by atoms with Crippen LogP contribution in [0.2, 0.25) is 0 Å². The number of hydrogen-bond donors (Lipinski definition) is 1. The molecule has 2 atom stereocenters. The maximum absolute atomic E-state index is 5.74. The van der Waals surface area contributed by atoms with Crippen LogP contribution in [0.15, 0.2) is 39.6 Å². The predicted molar refractivity (Wildman–Crippen MR) is 77.5 cm³/mol. The Kier molecular flexibility index (Phi) is 3.37. The first-order chi connectivity index (χ1) is 9.19. The minimum Gasteiger partial charge on any atom is -0.490 e. The van der Waals surface area contributed by atoms with Crippen LogP contribution in [0.3, 0.4) is 0 Å². The highest BCUT2D eigenvalue weighted by molar-refractivity contribution is 9.10. The Labute approximate surface area is 121 Å². The average Bonchev–Trinajstić information content (AvgIpc) is 2.95. The van der Waals surface area contributed by atoms with Crippen molar-refractivity contribution < 1.29 is 9.15 Å². The molecule has 0 aliphatic carbocycles. The van der Waals surface area contributed by atoms with E-state index in [1.165, 1.54) is 11.1 Å². The van der Waals surface area contributed by atoms with Gasteiger partial charge in [0.1, 0.15) is 11.9 Å². The summed E-state index contributed by atoms with van der Waals surface area (Å²) in [4.78, 5) is 0. The first-order valence-electron chi connectivity index (χ1n) is 6.38. The molecule has 0 saturated heterocycles. The van der Waals surface area contributed by atoms with Crippen LogP contribution in [0, 0.1) is 0 Å². The van der Waals surface area contributed by atoms with E-state index >= 15 is 0 Å². The summed E-state index contributed by atoms with van der Waals surface area (Å²) >= 11 is 3.45. The van der Waals surface area contributed by atoms with E-state index in [2.05, 4.69) is 46.4 Å². The second kappa shape index (κ2) is 5.02. The third-order valence-electron chi connectivity index (χ3n) is 3.50. The van der Waals surface area contributed by atoms with Crippen LogP contribution in [-0.2, 0) is 6.42 Å². The number of halogens is 1. The number of ether oxygens (including phenoxy) is 1. The Morgan fingerprint density at radius 3 is 2.89 bits per heavy atom. The fourth-order valence-electron chi connectivity index (χ4n) is 2.63. The molecule has 0 bridgehead atoms. The molecule has 0 radical (unpaired) electrons. The molecule has 1 aromatic heterocycles. The fourth-order valence-corrected chi connectivity index (χ4v) is 3.10. The predicted octanol–water partition coefficient (Wildman–Crippen LogP) is 3.67. The van der Waals surface area contributed by atoms with Crippen molar-refractivity contribution in [2.24, 2.45) is 0 Å². The first kappa shape index (κ1) is 12.8. The monoisotopic (exact) mass is 321 g/mol. The molecule has 4 heteroatoms. The normalized spacial score (nSPS) is 19.0. The molecule has 0 fully saturated rings. The van der Waals surface area contributed by atoms with Gasteiger partial charge in [-0.1, -0.05) is 12.1 Å². The largest absolute Gasteiger partial charge is 0.490 e. The summed E-state index contributed by atoms with van der Waals surface area (Å²) in [7, 11) is 1.95. The molecule has 1 aliphatic heterocycles. The van der Waals surface area contributed by atoms with E-state index in [1.54, 1.807) is 6.26 Å². The topological polar surface area (TPSA) is 34.4 Å². The van der Waals surface area contributed by atoms with Gasteiger partial charge in [-0.2, -0.15) is 0 Å². The van der Waals surface area contributed by atoms with Gasteiger partial charge in [-0.25, -0.2) is 0 Å². The molecule has 3 rings (SSSR count). The maximum atomic E-state index is 5.74. The standard InChI is InChI=1S/C15H16BrNO2/c1-9-7-11-8-10(3-4-13(11)19-9)14(17-2)12-5-6-18-15(12)16/h3-6,8-9,14,17H,7H2,1-2H3. The lowest BCUT2D eigenvalue weighted by Gasteiger charge is -2.16.